The standard InChI is InChI=1S/C16H12F6N4S/c1-3-27-11-6-8(15(17,18)19)4-5-9(11)13-23-10-7-12(16(20,21)22)24-25-14(10)26(13)2/h4-7H,3H2,1-2H3. The summed E-state index contributed by atoms with van der Waals surface area (Å²) in [5.74, 6) is 0.722. The maximum Gasteiger partial charge on any atom is 0.435 e. The van der Waals surface area contributed by atoms with E-state index < -0.39 is 23.6 Å². The molecule has 0 atom stereocenters. The van der Waals surface area contributed by atoms with Crippen molar-refractivity contribution in [2.24, 2.45) is 7.05 Å². The Kier molecular flexibility index (Phi) is 4.83. The van der Waals surface area contributed by atoms with Crippen LogP contribution in [0.4, 0.5) is 26.3 Å². The van der Waals surface area contributed by atoms with E-state index >= 15 is 0 Å². The Balaban J connectivity index is 2.18. The Morgan fingerprint density at radius 2 is 1.70 bits per heavy atom. The van der Waals surface area contributed by atoms with E-state index in [0.29, 0.717) is 16.2 Å². The quantitative estimate of drug-likeness (QED) is 0.444. The number of halogens is 6. The van der Waals surface area contributed by atoms with Crippen LogP contribution in [0.2, 0.25) is 0 Å². The summed E-state index contributed by atoms with van der Waals surface area (Å²) in [6.45, 7) is 1.78. The molecule has 4 nitrogen and oxygen atoms in total. The molecule has 0 fully saturated rings. The Labute approximate surface area is 153 Å². The third kappa shape index (κ3) is 3.73. The van der Waals surface area contributed by atoms with Crippen molar-refractivity contribution < 1.29 is 26.3 Å². The highest BCUT2D eigenvalue weighted by Crippen LogP contribution is 2.38. The van der Waals surface area contributed by atoms with Gasteiger partial charge in [-0.15, -0.1) is 22.0 Å². The van der Waals surface area contributed by atoms with E-state index in [1.807, 2.05) is 0 Å². The van der Waals surface area contributed by atoms with Gasteiger partial charge in [-0.05, 0) is 24.0 Å². The average molecular weight is 406 g/mol. The zero-order valence-corrected chi connectivity index (χ0v) is 14.8. The summed E-state index contributed by atoms with van der Waals surface area (Å²) in [5.41, 5.74) is -1.55. The topological polar surface area (TPSA) is 43.6 Å². The molecule has 0 N–H and O–H groups in total. The SMILES string of the molecule is CCSc1cc(C(F)(F)F)ccc1-c1nc2cc(C(F)(F)F)nnc2n1C. The van der Waals surface area contributed by atoms with Gasteiger partial charge in [-0.1, -0.05) is 6.92 Å². The van der Waals surface area contributed by atoms with Crippen molar-refractivity contribution in [2.45, 2.75) is 24.2 Å². The smallest absolute Gasteiger partial charge is 0.310 e. The molecule has 27 heavy (non-hydrogen) atoms. The molecule has 3 aromatic rings. The number of aromatic nitrogens is 4. The molecule has 144 valence electrons. The number of rotatable bonds is 3. The first-order chi connectivity index (χ1) is 12.5. The molecule has 1 aromatic carbocycles. The number of fused-ring (bicyclic) bond motifs is 1. The minimum atomic E-state index is -4.67. The van der Waals surface area contributed by atoms with E-state index in [-0.39, 0.29) is 17.0 Å². The van der Waals surface area contributed by atoms with E-state index in [1.54, 1.807) is 6.92 Å². The van der Waals surface area contributed by atoms with Crippen molar-refractivity contribution in [1.29, 1.82) is 0 Å². The van der Waals surface area contributed by atoms with Gasteiger partial charge in [0.25, 0.3) is 0 Å². The van der Waals surface area contributed by atoms with Crippen molar-refractivity contribution in [3.63, 3.8) is 0 Å². The van der Waals surface area contributed by atoms with Crippen LogP contribution in [0.25, 0.3) is 22.6 Å². The van der Waals surface area contributed by atoms with Gasteiger partial charge < -0.3 is 4.57 Å². The lowest BCUT2D eigenvalue weighted by atomic mass is 10.1. The third-order valence-electron chi connectivity index (χ3n) is 3.76. The van der Waals surface area contributed by atoms with E-state index in [4.69, 9.17) is 0 Å². The van der Waals surface area contributed by atoms with Crippen LogP contribution < -0.4 is 0 Å². The number of hydrogen-bond donors (Lipinski definition) is 0. The minimum absolute atomic E-state index is 0.0397. The Hall–Kier alpha value is -2.30. The van der Waals surface area contributed by atoms with Crippen LogP contribution in [0.3, 0.4) is 0 Å². The van der Waals surface area contributed by atoms with Gasteiger partial charge in [-0.2, -0.15) is 26.3 Å². The number of thioether (sulfide) groups is 1. The van der Waals surface area contributed by atoms with Gasteiger partial charge in [0.15, 0.2) is 11.3 Å². The molecule has 2 heterocycles. The summed E-state index contributed by atoms with van der Waals surface area (Å²) in [4.78, 5) is 4.49. The Morgan fingerprint density at radius 1 is 1.00 bits per heavy atom. The van der Waals surface area contributed by atoms with Gasteiger partial charge in [0.05, 0.1) is 5.56 Å². The number of aryl methyl sites for hydroxylation is 1. The van der Waals surface area contributed by atoms with Gasteiger partial charge in [0.2, 0.25) is 0 Å². The fourth-order valence-electron chi connectivity index (χ4n) is 2.52. The normalized spacial score (nSPS) is 12.7. The summed E-state index contributed by atoms with van der Waals surface area (Å²) >= 11 is 1.18. The van der Waals surface area contributed by atoms with Gasteiger partial charge in [-0.25, -0.2) is 4.98 Å². The number of benzene rings is 1. The third-order valence-corrected chi connectivity index (χ3v) is 4.69. The van der Waals surface area contributed by atoms with Crippen LogP contribution in [0.5, 0.6) is 0 Å². The molecule has 0 aliphatic heterocycles. The lowest BCUT2D eigenvalue weighted by molar-refractivity contribution is -0.141. The fourth-order valence-corrected chi connectivity index (χ4v) is 3.36. The van der Waals surface area contributed by atoms with Crippen LogP contribution in [-0.4, -0.2) is 25.5 Å². The molecule has 0 saturated carbocycles. The van der Waals surface area contributed by atoms with Crippen molar-refractivity contribution in [3.05, 3.63) is 35.5 Å². The predicted molar refractivity (Wildman–Crippen MR) is 88.1 cm³/mol. The zero-order chi connectivity index (χ0) is 20.0. The predicted octanol–water partition coefficient (Wildman–Crippen LogP) is 5.18. The molecule has 2 aromatic heterocycles. The molecule has 0 radical (unpaired) electrons. The van der Waals surface area contributed by atoms with Crippen molar-refractivity contribution in [2.75, 3.05) is 5.75 Å². The molecule has 0 bridgehead atoms. The van der Waals surface area contributed by atoms with E-state index in [0.717, 1.165) is 18.2 Å². The first-order valence-corrected chi connectivity index (χ1v) is 8.62. The second-order valence-electron chi connectivity index (χ2n) is 5.57. The maximum atomic E-state index is 13.0. The van der Waals surface area contributed by atoms with E-state index in [2.05, 4.69) is 15.2 Å². The summed E-state index contributed by atoms with van der Waals surface area (Å²) in [7, 11) is 1.52. The largest absolute Gasteiger partial charge is 0.435 e. The summed E-state index contributed by atoms with van der Waals surface area (Å²) < 4.78 is 78.8. The zero-order valence-electron chi connectivity index (χ0n) is 14.0. The van der Waals surface area contributed by atoms with Crippen LogP contribution in [0, 0.1) is 0 Å². The molecule has 3 rings (SSSR count). The van der Waals surface area contributed by atoms with Crippen molar-refractivity contribution in [3.8, 4) is 11.4 Å². The highest BCUT2D eigenvalue weighted by Gasteiger charge is 2.34. The molecule has 0 aliphatic rings. The van der Waals surface area contributed by atoms with Crippen LogP contribution in [-0.2, 0) is 19.4 Å². The number of imidazole rings is 1. The average Bonchev–Trinajstić information content (AvgIpc) is 2.90. The first-order valence-electron chi connectivity index (χ1n) is 7.64. The van der Waals surface area contributed by atoms with Gasteiger partial charge in [-0.3, -0.25) is 0 Å². The first kappa shape index (κ1) is 19.5. The highest BCUT2D eigenvalue weighted by atomic mass is 32.2. The maximum absolute atomic E-state index is 13.0. The molecule has 0 aliphatic carbocycles. The number of alkyl halides is 6. The molecular weight excluding hydrogens is 394 g/mol. The Bertz CT molecular complexity index is 993. The number of hydrogen-bond acceptors (Lipinski definition) is 4. The summed E-state index contributed by atoms with van der Waals surface area (Å²) in [6.07, 6.45) is -9.17. The van der Waals surface area contributed by atoms with Crippen LogP contribution in [0.15, 0.2) is 29.2 Å². The monoisotopic (exact) mass is 406 g/mol. The van der Waals surface area contributed by atoms with E-state index in [1.165, 1.54) is 29.4 Å². The molecule has 0 unspecified atom stereocenters. The Morgan fingerprint density at radius 3 is 2.30 bits per heavy atom. The van der Waals surface area contributed by atoms with E-state index in [9.17, 15) is 26.3 Å². The molecular formula is C16H12F6N4S. The van der Waals surface area contributed by atoms with Crippen molar-refractivity contribution in [1.82, 2.24) is 19.7 Å². The number of nitrogens with zero attached hydrogens (tertiary/aromatic N) is 4. The van der Waals surface area contributed by atoms with Gasteiger partial charge in [0.1, 0.15) is 11.3 Å². The van der Waals surface area contributed by atoms with Crippen LogP contribution >= 0.6 is 11.8 Å². The lowest BCUT2D eigenvalue weighted by Crippen LogP contribution is -2.09. The summed E-state index contributed by atoms with van der Waals surface area (Å²) in [6, 6.07) is 3.96. The van der Waals surface area contributed by atoms with Gasteiger partial charge >= 0.3 is 12.4 Å². The summed E-state index contributed by atoms with van der Waals surface area (Å²) in [5, 5.41) is 6.73. The molecule has 0 amide bonds. The second-order valence-corrected chi connectivity index (χ2v) is 6.88. The molecule has 0 spiro atoms. The fraction of sp³-hybridized carbons (Fsp3) is 0.312. The second kappa shape index (κ2) is 6.70. The van der Waals surface area contributed by atoms with Gasteiger partial charge in [0, 0.05) is 23.6 Å². The highest BCUT2D eigenvalue weighted by molar-refractivity contribution is 7.99. The molecule has 11 heteroatoms. The lowest BCUT2D eigenvalue weighted by Gasteiger charge is -2.12. The molecule has 0 saturated heterocycles. The minimum Gasteiger partial charge on any atom is -0.310 e. The van der Waals surface area contributed by atoms with Crippen molar-refractivity contribution >= 4 is 22.9 Å². The van der Waals surface area contributed by atoms with Crippen LogP contribution in [0.1, 0.15) is 18.2 Å².